The van der Waals surface area contributed by atoms with Crippen molar-refractivity contribution < 1.29 is 8.83 Å². The van der Waals surface area contributed by atoms with Crippen LogP contribution in [0.1, 0.15) is 0 Å². The second kappa shape index (κ2) is 11.4. The van der Waals surface area contributed by atoms with Crippen LogP contribution in [0.3, 0.4) is 0 Å². The van der Waals surface area contributed by atoms with Crippen LogP contribution in [0.15, 0.2) is 185 Å². The number of rotatable bonds is 6. The smallest absolute Gasteiger partial charge is 0.227 e. The molecule has 7 aromatic carbocycles. The first-order valence-corrected chi connectivity index (χ1v) is 16.7. The molecule has 0 atom stereocenters. The molecule has 0 N–H and O–H groups in total. The summed E-state index contributed by atoms with van der Waals surface area (Å²) in [7, 11) is 0. The zero-order valence-electron chi connectivity index (χ0n) is 26.9. The summed E-state index contributed by atoms with van der Waals surface area (Å²) in [6.07, 6.45) is 1.74. The summed E-state index contributed by atoms with van der Waals surface area (Å²) in [5, 5.41) is 3.32. The molecule has 0 saturated heterocycles. The predicted molar refractivity (Wildman–Crippen MR) is 204 cm³/mol. The topological polar surface area (TPSA) is 47.3 Å². The van der Waals surface area contributed by atoms with Crippen molar-refractivity contribution in [2.75, 3.05) is 4.90 Å². The lowest BCUT2D eigenvalue weighted by molar-refractivity contribution is 0.614. The summed E-state index contributed by atoms with van der Waals surface area (Å²) in [6, 6.07) is 59.1. The summed E-state index contributed by atoms with van der Waals surface area (Å²) < 4.78 is 15.2. The van der Waals surface area contributed by atoms with E-state index in [1.165, 1.54) is 10.8 Å². The third-order valence-corrected chi connectivity index (χ3v) is 9.47. The molecule has 0 aliphatic carbocycles. The first-order chi connectivity index (χ1) is 24.8. The van der Waals surface area contributed by atoms with E-state index in [-0.39, 0.29) is 0 Å². The molecule has 0 radical (unpaired) electrons. The van der Waals surface area contributed by atoms with E-state index in [1.54, 1.807) is 6.26 Å². The van der Waals surface area contributed by atoms with Crippen LogP contribution in [0.25, 0.3) is 72.1 Å². The van der Waals surface area contributed by atoms with Gasteiger partial charge in [-0.3, -0.25) is 0 Å². The molecule has 0 unspecified atom stereocenters. The van der Waals surface area contributed by atoms with Crippen molar-refractivity contribution in [3.63, 3.8) is 0 Å². The molecule has 0 bridgehead atoms. The number of oxazole rings is 1. The van der Waals surface area contributed by atoms with Gasteiger partial charge in [0.1, 0.15) is 16.8 Å². The van der Waals surface area contributed by atoms with Gasteiger partial charge in [-0.25, -0.2) is 4.98 Å². The Bertz CT molecular complexity index is 2810. The Morgan fingerprint density at radius 1 is 0.500 bits per heavy atom. The monoisotopic (exact) mass is 643 g/mol. The van der Waals surface area contributed by atoms with Gasteiger partial charge in [-0.05, 0) is 71.8 Å². The highest BCUT2D eigenvalue weighted by Gasteiger charge is 2.25. The molecule has 5 nitrogen and oxygen atoms in total. The fraction of sp³-hybridized carbons (Fsp3) is 0. The average molecular weight is 644 g/mol. The van der Waals surface area contributed by atoms with E-state index in [0.29, 0.717) is 11.5 Å². The first-order valence-electron chi connectivity index (χ1n) is 16.7. The minimum absolute atomic E-state index is 0.562. The van der Waals surface area contributed by atoms with E-state index in [4.69, 9.17) is 13.8 Å². The van der Waals surface area contributed by atoms with Gasteiger partial charge in [0.15, 0.2) is 5.58 Å². The number of anilines is 3. The second-order valence-corrected chi connectivity index (χ2v) is 12.4. The average Bonchev–Trinajstić information content (AvgIpc) is 3.92. The minimum atomic E-state index is 0.562. The lowest BCUT2D eigenvalue weighted by Gasteiger charge is -2.27. The highest BCUT2D eigenvalue weighted by atomic mass is 16.4. The highest BCUT2D eigenvalue weighted by molar-refractivity contribution is 6.13. The lowest BCUT2D eigenvalue weighted by Crippen LogP contribution is -2.11. The van der Waals surface area contributed by atoms with Crippen LogP contribution in [0.4, 0.5) is 17.1 Å². The molecule has 10 rings (SSSR count). The lowest BCUT2D eigenvalue weighted by atomic mass is 10.0. The number of fused-ring (bicyclic) bond motifs is 5. The third-order valence-electron chi connectivity index (χ3n) is 9.47. The van der Waals surface area contributed by atoms with Crippen molar-refractivity contribution in [3.8, 4) is 28.3 Å². The van der Waals surface area contributed by atoms with E-state index in [0.717, 1.165) is 67.0 Å². The number of aromatic nitrogens is 2. The summed E-state index contributed by atoms with van der Waals surface area (Å²) in [5.74, 6) is 0.562. The molecule has 50 heavy (non-hydrogen) atoms. The van der Waals surface area contributed by atoms with Gasteiger partial charge in [-0.2, -0.15) is 0 Å². The molecular formula is C45H29N3O2. The molecule has 0 aliphatic rings. The maximum absolute atomic E-state index is 6.73. The zero-order valence-corrected chi connectivity index (χ0v) is 26.9. The minimum Gasteiger partial charge on any atom is -0.464 e. The van der Waals surface area contributed by atoms with Crippen LogP contribution in [0.5, 0.6) is 0 Å². The van der Waals surface area contributed by atoms with Crippen molar-refractivity contribution in [1.82, 2.24) is 9.55 Å². The first kappa shape index (κ1) is 28.2. The Labute approximate surface area is 287 Å². The largest absolute Gasteiger partial charge is 0.464 e. The molecule has 10 aromatic rings. The Hall–Kier alpha value is -6.85. The van der Waals surface area contributed by atoms with Crippen molar-refractivity contribution in [1.29, 1.82) is 0 Å². The fourth-order valence-electron chi connectivity index (χ4n) is 7.22. The molecule has 5 heteroatoms. The predicted octanol–water partition coefficient (Wildman–Crippen LogP) is 12.5. The van der Waals surface area contributed by atoms with Gasteiger partial charge in [0, 0.05) is 44.9 Å². The number of benzene rings is 7. The van der Waals surface area contributed by atoms with Gasteiger partial charge in [0.25, 0.3) is 0 Å². The molecular weight excluding hydrogens is 615 g/mol. The SMILES string of the molecule is c1ccc(-c2cccc(N(c3ccc4c5ccccc5n(-c5ccccc5)c4c3)c3c4ccoc4cc4nc(-c5ccccc5)oc34)c2)cc1. The molecule has 3 aromatic heterocycles. The van der Waals surface area contributed by atoms with Gasteiger partial charge in [0.2, 0.25) is 5.89 Å². The van der Waals surface area contributed by atoms with E-state index in [9.17, 15) is 0 Å². The van der Waals surface area contributed by atoms with E-state index in [2.05, 4.69) is 131 Å². The summed E-state index contributed by atoms with van der Waals surface area (Å²) in [4.78, 5) is 7.27. The number of hydrogen-bond acceptors (Lipinski definition) is 4. The van der Waals surface area contributed by atoms with E-state index >= 15 is 0 Å². The van der Waals surface area contributed by atoms with Crippen molar-refractivity contribution in [2.45, 2.75) is 0 Å². The Morgan fingerprint density at radius 2 is 1.18 bits per heavy atom. The third kappa shape index (κ3) is 4.52. The molecule has 0 spiro atoms. The van der Waals surface area contributed by atoms with Gasteiger partial charge in [-0.1, -0.05) is 103 Å². The number of furan rings is 1. The summed E-state index contributed by atoms with van der Waals surface area (Å²) in [6.45, 7) is 0. The van der Waals surface area contributed by atoms with Gasteiger partial charge < -0.3 is 18.3 Å². The normalized spacial score (nSPS) is 11.6. The van der Waals surface area contributed by atoms with Crippen LogP contribution >= 0.6 is 0 Å². The fourth-order valence-corrected chi connectivity index (χ4v) is 7.22. The number of para-hydroxylation sites is 2. The molecule has 0 saturated carbocycles. The molecule has 0 amide bonds. The Kier molecular flexibility index (Phi) is 6.42. The summed E-state index contributed by atoms with van der Waals surface area (Å²) in [5.41, 5.74) is 11.5. The molecule has 236 valence electrons. The van der Waals surface area contributed by atoms with Crippen molar-refractivity contribution >= 4 is 60.9 Å². The van der Waals surface area contributed by atoms with E-state index in [1.807, 2.05) is 48.5 Å². The number of nitrogens with zero attached hydrogens (tertiary/aromatic N) is 3. The number of hydrogen-bond donors (Lipinski definition) is 0. The summed E-state index contributed by atoms with van der Waals surface area (Å²) >= 11 is 0. The zero-order chi connectivity index (χ0) is 33.0. The quantitative estimate of drug-likeness (QED) is 0.181. The van der Waals surface area contributed by atoms with Crippen LogP contribution in [-0.2, 0) is 0 Å². The van der Waals surface area contributed by atoms with Crippen LogP contribution in [0.2, 0.25) is 0 Å². The van der Waals surface area contributed by atoms with Crippen LogP contribution in [0, 0.1) is 0 Å². The van der Waals surface area contributed by atoms with Crippen LogP contribution in [-0.4, -0.2) is 9.55 Å². The maximum atomic E-state index is 6.73. The molecule has 0 aliphatic heterocycles. The van der Waals surface area contributed by atoms with Gasteiger partial charge in [-0.15, -0.1) is 0 Å². The van der Waals surface area contributed by atoms with E-state index < -0.39 is 0 Å². The Morgan fingerprint density at radius 3 is 2.00 bits per heavy atom. The Balaban J connectivity index is 1.29. The van der Waals surface area contributed by atoms with Crippen LogP contribution < -0.4 is 4.90 Å². The molecule has 3 heterocycles. The second-order valence-electron chi connectivity index (χ2n) is 12.4. The standard InChI is InChI=1S/C45H29N3O2/c1-4-13-30(14-5-1)32-17-12-20-34(27-32)47(43-38-25-26-49-42(38)29-39-44(43)50-45(46-39)31-15-6-2-7-16-31)35-23-24-37-36-21-10-11-22-40(36)48(41(37)28-35)33-18-8-3-9-19-33/h1-29H. The highest BCUT2D eigenvalue weighted by Crippen LogP contribution is 2.47. The van der Waals surface area contributed by atoms with Gasteiger partial charge in [0.05, 0.1) is 17.3 Å². The molecule has 0 fully saturated rings. The van der Waals surface area contributed by atoms with Gasteiger partial charge >= 0.3 is 0 Å². The van der Waals surface area contributed by atoms with Crippen molar-refractivity contribution in [3.05, 3.63) is 176 Å². The van der Waals surface area contributed by atoms with Crippen molar-refractivity contribution in [2.24, 2.45) is 0 Å². The maximum Gasteiger partial charge on any atom is 0.227 e.